The predicted octanol–water partition coefficient (Wildman–Crippen LogP) is 2.54. The second kappa shape index (κ2) is 5.25. The maximum Gasteiger partial charge on any atom is 0.225 e. The van der Waals surface area contributed by atoms with Gasteiger partial charge in [-0.15, -0.1) is 0 Å². The maximum absolute atomic E-state index is 11.6. The highest BCUT2D eigenvalue weighted by Gasteiger charge is 2.18. The molecule has 0 aromatic heterocycles. The van der Waals surface area contributed by atoms with Crippen LogP contribution in [0.3, 0.4) is 0 Å². The van der Waals surface area contributed by atoms with E-state index in [9.17, 15) is 4.79 Å². The molecule has 0 heterocycles. The predicted molar refractivity (Wildman–Crippen MR) is 56.5 cm³/mol. The summed E-state index contributed by atoms with van der Waals surface area (Å²) in [6.45, 7) is 10.4. The maximum atomic E-state index is 11.6. The highest BCUT2D eigenvalue weighted by Crippen LogP contribution is 2.11. The van der Waals surface area contributed by atoms with Crippen molar-refractivity contribution in [2.75, 3.05) is 7.05 Å². The first-order valence-electron chi connectivity index (χ1n) is 5.13. The summed E-state index contributed by atoms with van der Waals surface area (Å²) >= 11 is 0. The summed E-state index contributed by atoms with van der Waals surface area (Å²) in [4.78, 5) is 13.5. The number of carbonyl (C=O) groups excluding carboxylic acids is 1. The van der Waals surface area contributed by atoms with E-state index in [4.69, 9.17) is 0 Å². The first-order chi connectivity index (χ1) is 5.86. The van der Waals surface area contributed by atoms with Gasteiger partial charge in [-0.2, -0.15) is 0 Å². The van der Waals surface area contributed by atoms with Gasteiger partial charge in [0.15, 0.2) is 0 Å². The van der Waals surface area contributed by atoms with E-state index in [1.54, 1.807) is 0 Å². The lowest BCUT2D eigenvalue weighted by molar-refractivity contribution is -0.135. The molecule has 78 valence electrons. The second-order valence-corrected chi connectivity index (χ2v) is 4.58. The average molecular weight is 185 g/mol. The van der Waals surface area contributed by atoms with Crippen LogP contribution in [0.2, 0.25) is 0 Å². The normalized spacial score (nSPS) is 13.5. The van der Waals surface area contributed by atoms with Gasteiger partial charge in [0, 0.05) is 19.0 Å². The Morgan fingerprint density at radius 3 is 1.92 bits per heavy atom. The zero-order valence-corrected chi connectivity index (χ0v) is 9.79. The van der Waals surface area contributed by atoms with Crippen molar-refractivity contribution in [3.8, 4) is 0 Å². The van der Waals surface area contributed by atoms with Crippen molar-refractivity contribution in [2.24, 2.45) is 11.8 Å². The molecule has 0 aromatic carbocycles. The monoisotopic (exact) mass is 185 g/mol. The topological polar surface area (TPSA) is 20.3 Å². The van der Waals surface area contributed by atoms with Crippen LogP contribution >= 0.6 is 0 Å². The first-order valence-corrected chi connectivity index (χ1v) is 5.13. The summed E-state index contributed by atoms with van der Waals surface area (Å²) in [6.07, 6.45) is 1.08. The van der Waals surface area contributed by atoms with E-state index in [1.807, 2.05) is 25.8 Å². The quantitative estimate of drug-likeness (QED) is 0.659. The molecular weight excluding hydrogens is 162 g/mol. The van der Waals surface area contributed by atoms with Gasteiger partial charge in [0.05, 0.1) is 0 Å². The van der Waals surface area contributed by atoms with Gasteiger partial charge in [0.25, 0.3) is 0 Å². The minimum Gasteiger partial charge on any atom is -0.343 e. The van der Waals surface area contributed by atoms with Crippen molar-refractivity contribution >= 4 is 5.91 Å². The van der Waals surface area contributed by atoms with Crippen molar-refractivity contribution in [3.63, 3.8) is 0 Å². The lowest BCUT2D eigenvalue weighted by Gasteiger charge is -2.27. The van der Waals surface area contributed by atoms with E-state index in [1.165, 1.54) is 0 Å². The summed E-state index contributed by atoms with van der Waals surface area (Å²) < 4.78 is 0. The summed E-state index contributed by atoms with van der Waals surface area (Å²) in [5.74, 6) is 1.00. The number of rotatable bonds is 4. The fourth-order valence-corrected chi connectivity index (χ4v) is 1.46. The van der Waals surface area contributed by atoms with Gasteiger partial charge < -0.3 is 4.90 Å². The molecule has 0 aliphatic carbocycles. The number of carbonyl (C=O) groups is 1. The van der Waals surface area contributed by atoms with Gasteiger partial charge in [-0.3, -0.25) is 4.79 Å². The molecule has 0 saturated heterocycles. The number of hydrogen-bond donors (Lipinski definition) is 0. The lowest BCUT2D eigenvalue weighted by Crippen LogP contribution is -2.38. The molecule has 0 bridgehead atoms. The van der Waals surface area contributed by atoms with E-state index in [2.05, 4.69) is 20.8 Å². The van der Waals surface area contributed by atoms with Crippen LogP contribution in [0.25, 0.3) is 0 Å². The minimum atomic E-state index is 0.111. The number of amides is 1. The van der Waals surface area contributed by atoms with E-state index in [-0.39, 0.29) is 11.8 Å². The zero-order chi connectivity index (χ0) is 10.6. The molecule has 1 unspecified atom stereocenters. The van der Waals surface area contributed by atoms with Gasteiger partial charge in [-0.1, -0.05) is 27.7 Å². The summed E-state index contributed by atoms with van der Waals surface area (Å²) in [7, 11) is 1.90. The van der Waals surface area contributed by atoms with Crippen LogP contribution < -0.4 is 0 Å². The molecule has 0 N–H and O–H groups in total. The smallest absolute Gasteiger partial charge is 0.225 e. The molecule has 0 saturated carbocycles. The first kappa shape index (κ1) is 12.5. The fraction of sp³-hybridized carbons (Fsp3) is 0.909. The molecule has 0 aliphatic heterocycles. The van der Waals surface area contributed by atoms with Crippen molar-refractivity contribution in [2.45, 2.75) is 47.1 Å². The molecule has 0 radical (unpaired) electrons. The van der Waals surface area contributed by atoms with E-state index < -0.39 is 0 Å². The minimum absolute atomic E-state index is 0.111. The fourth-order valence-electron chi connectivity index (χ4n) is 1.46. The van der Waals surface area contributed by atoms with Crippen molar-refractivity contribution in [1.29, 1.82) is 0 Å². The molecule has 0 fully saturated rings. The molecular formula is C11H23NO. The van der Waals surface area contributed by atoms with Crippen LogP contribution in [0.15, 0.2) is 0 Å². The molecule has 0 rings (SSSR count). The standard InChI is InChI=1S/C11H23NO/c1-8(2)7-10(5)12(6)11(13)9(3)4/h8-10H,7H2,1-6H3. The summed E-state index contributed by atoms with van der Waals surface area (Å²) in [6, 6.07) is 0.356. The third-order valence-corrected chi connectivity index (χ3v) is 2.32. The number of hydrogen-bond acceptors (Lipinski definition) is 1. The highest BCUT2D eigenvalue weighted by atomic mass is 16.2. The Morgan fingerprint density at radius 1 is 1.15 bits per heavy atom. The van der Waals surface area contributed by atoms with Gasteiger partial charge in [-0.25, -0.2) is 0 Å². The molecule has 1 amide bonds. The van der Waals surface area contributed by atoms with E-state index in [0.29, 0.717) is 12.0 Å². The van der Waals surface area contributed by atoms with E-state index in [0.717, 1.165) is 6.42 Å². The molecule has 0 aliphatic rings. The van der Waals surface area contributed by atoms with Crippen molar-refractivity contribution < 1.29 is 4.79 Å². The zero-order valence-electron chi connectivity index (χ0n) is 9.79. The third kappa shape index (κ3) is 4.30. The molecule has 13 heavy (non-hydrogen) atoms. The highest BCUT2D eigenvalue weighted by molar-refractivity contribution is 5.78. The van der Waals surface area contributed by atoms with Crippen molar-refractivity contribution in [1.82, 2.24) is 4.90 Å². The van der Waals surface area contributed by atoms with E-state index >= 15 is 0 Å². The van der Waals surface area contributed by atoms with Crippen molar-refractivity contribution in [3.05, 3.63) is 0 Å². The Hall–Kier alpha value is -0.530. The molecule has 1 atom stereocenters. The molecule has 0 spiro atoms. The number of nitrogens with zero attached hydrogens (tertiary/aromatic N) is 1. The Bertz CT molecular complexity index is 163. The van der Waals surface area contributed by atoms with Gasteiger partial charge in [0.2, 0.25) is 5.91 Å². The second-order valence-electron chi connectivity index (χ2n) is 4.58. The Kier molecular flexibility index (Phi) is 5.04. The van der Waals surface area contributed by atoms with Crippen LogP contribution in [0, 0.1) is 11.8 Å². The summed E-state index contributed by atoms with van der Waals surface area (Å²) in [5.41, 5.74) is 0. The van der Waals surface area contributed by atoms with Crippen LogP contribution in [0.1, 0.15) is 41.0 Å². The molecule has 2 nitrogen and oxygen atoms in total. The van der Waals surface area contributed by atoms with Crippen LogP contribution in [0.4, 0.5) is 0 Å². The largest absolute Gasteiger partial charge is 0.343 e. The lowest BCUT2D eigenvalue weighted by atomic mass is 10.0. The Labute approximate surface area is 82.3 Å². The third-order valence-electron chi connectivity index (χ3n) is 2.32. The SMILES string of the molecule is CC(C)CC(C)N(C)C(=O)C(C)C. The van der Waals surface area contributed by atoms with Gasteiger partial charge in [0.1, 0.15) is 0 Å². The average Bonchev–Trinajstić information content (AvgIpc) is 2.00. The van der Waals surface area contributed by atoms with Crippen LogP contribution in [0.5, 0.6) is 0 Å². The molecule has 0 aromatic rings. The van der Waals surface area contributed by atoms with Gasteiger partial charge in [-0.05, 0) is 19.3 Å². The Balaban J connectivity index is 4.09. The van der Waals surface area contributed by atoms with Crippen LogP contribution in [-0.2, 0) is 4.79 Å². The Morgan fingerprint density at radius 2 is 1.62 bits per heavy atom. The summed E-state index contributed by atoms with van der Waals surface area (Å²) in [5, 5.41) is 0. The molecule has 2 heteroatoms. The van der Waals surface area contributed by atoms with Gasteiger partial charge >= 0.3 is 0 Å². The van der Waals surface area contributed by atoms with Crippen LogP contribution in [-0.4, -0.2) is 23.9 Å².